The Morgan fingerprint density at radius 1 is 1.23 bits per heavy atom. The zero-order chi connectivity index (χ0) is 18.3. The molecule has 0 aliphatic carbocycles. The van der Waals surface area contributed by atoms with E-state index in [9.17, 15) is 17.2 Å². The van der Waals surface area contributed by atoms with Crippen LogP contribution in [0.4, 0.5) is 8.78 Å². The van der Waals surface area contributed by atoms with Gasteiger partial charge in [-0.25, -0.2) is 13.4 Å². The Bertz CT molecular complexity index is 1030. The number of fused-ring (bicyclic) bond motifs is 1. The molecular formula is C16H13F2N3O4S. The average Bonchev–Trinajstić information content (AvgIpc) is 3.01. The van der Waals surface area contributed by atoms with E-state index in [1.54, 1.807) is 0 Å². The van der Waals surface area contributed by atoms with Crippen molar-refractivity contribution in [2.24, 2.45) is 0 Å². The molecule has 7 nitrogen and oxygen atoms in total. The van der Waals surface area contributed by atoms with Gasteiger partial charge < -0.3 is 9.26 Å². The zero-order valence-corrected chi connectivity index (χ0v) is 14.1. The van der Waals surface area contributed by atoms with Crippen molar-refractivity contribution in [3.8, 4) is 11.3 Å². The highest BCUT2D eigenvalue weighted by molar-refractivity contribution is 7.89. The zero-order valence-electron chi connectivity index (χ0n) is 13.2. The fourth-order valence-electron chi connectivity index (χ4n) is 2.74. The summed E-state index contributed by atoms with van der Waals surface area (Å²) in [4.78, 5) is 3.96. The maximum atomic E-state index is 12.7. The number of nitrogens with zero attached hydrogens (tertiary/aromatic N) is 3. The molecule has 0 saturated carbocycles. The van der Waals surface area contributed by atoms with Crippen molar-refractivity contribution < 1.29 is 26.5 Å². The number of alkyl halides is 2. The van der Waals surface area contributed by atoms with Gasteiger partial charge in [0, 0.05) is 18.7 Å². The number of rotatable bonds is 5. The molecule has 0 bridgehead atoms. The minimum absolute atomic E-state index is 0.0547. The molecule has 1 aliphatic heterocycles. The molecule has 1 aromatic carbocycles. The van der Waals surface area contributed by atoms with E-state index in [-0.39, 0.29) is 23.7 Å². The monoisotopic (exact) mass is 381 g/mol. The number of benzene rings is 1. The summed E-state index contributed by atoms with van der Waals surface area (Å²) in [6, 6.07) is 10.6. The molecule has 3 heterocycles. The van der Waals surface area contributed by atoms with Gasteiger partial charge >= 0.3 is 6.61 Å². The van der Waals surface area contributed by atoms with Crippen LogP contribution in [0.25, 0.3) is 22.4 Å². The standard InChI is InChI=1S/C16H13F2N3O4S/c17-16(18)24-11-8-21(9-11)26(22,23)12-6-13-14(10-4-2-1-3-5-10)20-25-15(13)19-7-12/h1-7,11,16H,8-9H2. The molecule has 0 spiro atoms. The first-order chi connectivity index (χ1) is 12.4. The van der Waals surface area contributed by atoms with Gasteiger partial charge in [-0.3, -0.25) is 0 Å². The highest BCUT2D eigenvalue weighted by Crippen LogP contribution is 2.30. The molecule has 1 aliphatic rings. The third-order valence-corrected chi connectivity index (χ3v) is 5.90. The van der Waals surface area contributed by atoms with Crippen LogP contribution in [0.5, 0.6) is 0 Å². The summed E-state index contributed by atoms with van der Waals surface area (Å²) in [6.07, 6.45) is 0.357. The molecular weight excluding hydrogens is 368 g/mol. The lowest BCUT2D eigenvalue weighted by Gasteiger charge is -2.37. The molecule has 4 rings (SSSR count). The second-order valence-electron chi connectivity index (χ2n) is 5.76. The lowest BCUT2D eigenvalue weighted by molar-refractivity contribution is -0.185. The molecule has 0 amide bonds. The molecule has 136 valence electrons. The van der Waals surface area contributed by atoms with E-state index in [1.807, 2.05) is 30.3 Å². The summed E-state index contributed by atoms with van der Waals surface area (Å²) >= 11 is 0. The van der Waals surface area contributed by atoms with Crippen molar-refractivity contribution in [1.82, 2.24) is 14.4 Å². The Morgan fingerprint density at radius 3 is 2.65 bits per heavy atom. The van der Waals surface area contributed by atoms with Crippen LogP contribution in [0, 0.1) is 0 Å². The van der Waals surface area contributed by atoms with E-state index < -0.39 is 22.7 Å². The molecule has 0 radical (unpaired) electrons. The fraction of sp³-hybridized carbons (Fsp3) is 0.250. The van der Waals surface area contributed by atoms with Gasteiger partial charge in [0.2, 0.25) is 10.0 Å². The van der Waals surface area contributed by atoms with E-state index in [0.29, 0.717) is 11.1 Å². The molecule has 2 aromatic heterocycles. The summed E-state index contributed by atoms with van der Waals surface area (Å²) in [5.74, 6) is 0. The van der Waals surface area contributed by atoms with E-state index >= 15 is 0 Å². The molecule has 10 heteroatoms. The van der Waals surface area contributed by atoms with Crippen LogP contribution in [0.2, 0.25) is 0 Å². The smallest absolute Gasteiger partial charge is 0.335 e. The van der Waals surface area contributed by atoms with Crippen molar-refractivity contribution in [2.45, 2.75) is 17.6 Å². The highest BCUT2D eigenvalue weighted by atomic mass is 32.2. The number of aromatic nitrogens is 2. The molecule has 3 aromatic rings. The van der Waals surface area contributed by atoms with E-state index in [1.165, 1.54) is 12.3 Å². The third kappa shape index (κ3) is 2.96. The van der Waals surface area contributed by atoms with Gasteiger partial charge in [0.1, 0.15) is 10.6 Å². The van der Waals surface area contributed by atoms with Crippen LogP contribution in [0.1, 0.15) is 0 Å². The Kier molecular flexibility index (Phi) is 4.17. The lowest BCUT2D eigenvalue weighted by atomic mass is 10.1. The number of ether oxygens (including phenoxy) is 1. The number of hydrogen-bond acceptors (Lipinski definition) is 6. The minimum Gasteiger partial charge on any atom is -0.335 e. The topological polar surface area (TPSA) is 85.5 Å². The van der Waals surface area contributed by atoms with E-state index in [0.717, 1.165) is 9.87 Å². The number of sulfonamides is 1. The van der Waals surface area contributed by atoms with Crippen LogP contribution in [-0.2, 0) is 14.8 Å². The lowest BCUT2D eigenvalue weighted by Crippen LogP contribution is -2.55. The predicted octanol–water partition coefficient (Wildman–Crippen LogP) is 2.50. The van der Waals surface area contributed by atoms with Crippen LogP contribution in [0.15, 0.2) is 52.0 Å². The maximum absolute atomic E-state index is 12.7. The molecule has 1 saturated heterocycles. The normalized spacial score (nSPS) is 16.3. The second kappa shape index (κ2) is 6.38. The van der Waals surface area contributed by atoms with Gasteiger partial charge in [-0.05, 0) is 6.07 Å². The van der Waals surface area contributed by atoms with Gasteiger partial charge in [-0.2, -0.15) is 13.1 Å². The summed E-state index contributed by atoms with van der Waals surface area (Å²) < 4.78 is 60.2. The predicted molar refractivity (Wildman–Crippen MR) is 86.9 cm³/mol. The Hall–Kier alpha value is -2.43. The molecule has 26 heavy (non-hydrogen) atoms. The van der Waals surface area contributed by atoms with Crippen molar-refractivity contribution in [3.05, 3.63) is 42.6 Å². The van der Waals surface area contributed by atoms with Crippen LogP contribution < -0.4 is 0 Å². The first kappa shape index (κ1) is 17.0. The largest absolute Gasteiger partial charge is 0.345 e. The Balaban J connectivity index is 1.65. The number of halogens is 2. The van der Waals surface area contributed by atoms with E-state index in [4.69, 9.17) is 4.52 Å². The van der Waals surface area contributed by atoms with Gasteiger partial charge in [0.15, 0.2) is 0 Å². The van der Waals surface area contributed by atoms with Gasteiger partial charge in [-0.15, -0.1) is 0 Å². The SMILES string of the molecule is O=S(=O)(c1cnc2onc(-c3ccccc3)c2c1)N1CC(OC(F)F)C1. The Labute approximate surface area is 147 Å². The van der Waals surface area contributed by atoms with Gasteiger partial charge in [0.05, 0.1) is 17.7 Å². The second-order valence-corrected chi connectivity index (χ2v) is 7.70. The third-order valence-electron chi connectivity index (χ3n) is 4.10. The summed E-state index contributed by atoms with van der Waals surface area (Å²) in [5, 5.41) is 4.42. The number of hydrogen-bond donors (Lipinski definition) is 0. The van der Waals surface area contributed by atoms with Crippen LogP contribution >= 0.6 is 0 Å². The fourth-order valence-corrected chi connectivity index (χ4v) is 4.21. The van der Waals surface area contributed by atoms with Crippen molar-refractivity contribution >= 4 is 21.1 Å². The summed E-state index contributed by atoms with van der Waals surface area (Å²) in [5.41, 5.74) is 1.45. The maximum Gasteiger partial charge on any atom is 0.345 e. The molecule has 1 fully saturated rings. The first-order valence-corrected chi connectivity index (χ1v) is 9.14. The average molecular weight is 381 g/mol. The molecule has 0 atom stereocenters. The van der Waals surface area contributed by atoms with Crippen molar-refractivity contribution in [3.63, 3.8) is 0 Å². The molecule has 0 unspecified atom stereocenters. The van der Waals surface area contributed by atoms with Gasteiger partial charge in [0.25, 0.3) is 5.71 Å². The quantitative estimate of drug-likeness (QED) is 0.675. The van der Waals surface area contributed by atoms with Crippen molar-refractivity contribution in [2.75, 3.05) is 13.1 Å². The van der Waals surface area contributed by atoms with Gasteiger partial charge in [-0.1, -0.05) is 35.5 Å². The Morgan fingerprint density at radius 2 is 1.96 bits per heavy atom. The van der Waals surface area contributed by atoms with E-state index in [2.05, 4.69) is 14.9 Å². The number of pyridine rings is 1. The van der Waals surface area contributed by atoms with Crippen LogP contribution in [0.3, 0.4) is 0 Å². The summed E-state index contributed by atoms with van der Waals surface area (Å²) in [6.45, 7) is -3.17. The van der Waals surface area contributed by atoms with Crippen molar-refractivity contribution in [1.29, 1.82) is 0 Å². The minimum atomic E-state index is -3.86. The first-order valence-electron chi connectivity index (χ1n) is 7.70. The summed E-state index contributed by atoms with van der Waals surface area (Å²) in [7, 11) is -3.86. The molecule has 0 N–H and O–H groups in total. The highest BCUT2D eigenvalue weighted by Gasteiger charge is 2.39. The van der Waals surface area contributed by atoms with Crippen LogP contribution in [-0.4, -0.2) is 48.7 Å².